The Balaban J connectivity index is 2.04. The van der Waals surface area contributed by atoms with Crippen LogP contribution in [0.25, 0.3) is 0 Å². The Labute approximate surface area is 116 Å². The predicted octanol–water partition coefficient (Wildman–Crippen LogP) is 3.93. The van der Waals surface area contributed by atoms with Gasteiger partial charge in [0.05, 0.1) is 5.56 Å². The van der Waals surface area contributed by atoms with E-state index in [-0.39, 0.29) is 5.56 Å². The minimum Gasteiger partial charge on any atom is -0.489 e. The number of aromatic carboxylic acids is 1. The number of rotatable bonds is 4. The summed E-state index contributed by atoms with van der Waals surface area (Å²) < 4.78 is 5.67. The molecule has 0 atom stereocenters. The predicted molar refractivity (Wildman–Crippen MR) is 73.9 cm³/mol. The van der Waals surface area contributed by atoms with Gasteiger partial charge in [-0.15, -0.1) is 0 Å². The molecule has 0 saturated heterocycles. The zero-order chi connectivity index (χ0) is 13.8. The number of carboxylic acid groups (broad SMARTS) is 1. The van der Waals surface area contributed by atoms with Crippen LogP contribution in [-0.4, -0.2) is 11.1 Å². The van der Waals surface area contributed by atoms with Gasteiger partial charge in [0, 0.05) is 5.02 Å². The average molecular weight is 277 g/mol. The maximum atomic E-state index is 10.7. The van der Waals surface area contributed by atoms with E-state index in [4.69, 9.17) is 21.4 Å². The fourth-order valence-corrected chi connectivity index (χ4v) is 1.91. The first-order valence-corrected chi connectivity index (χ1v) is 6.15. The topological polar surface area (TPSA) is 46.5 Å². The standard InChI is InChI=1S/C15H13ClO3/c1-10-8-13(16)6-7-14(10)19-9-11-2-4-12(5-3-11)15(17)18/h2-8H,9H2,1H3,(H,17,18). The number of aryl methyl sites for hydroxylation is 1. The first-order valence-electron chi connectivity index (χ1n) is 5.77. The Kier molecular flexibility index (Phi) is 4.07. The lowest BCUT2D eigenvalue weighted by Gasteiger charge is -2.09. The van der Waals surface area contributed by atoms with Crippen molar-refractivity contribution in [2.45, 2.75) is 13.5 Å². The Hall–Kier alpha value is -2.00. The first-order chi connectivity index (χ1) is 9.06. The molecule has 2 aromatic rings. The van der Waals surface area contributed by atoms with E-state index in [9.17, 15) is 4.79 Å². The fraction of sp³-hybridized carbons (Fsp3) is 0.133. The van der Waals surface area contributed by atoms with Crippen molar-refractivity contribution in [2.24, 2.45) is 0 Å². The molecule has 19 heavy (non-hydrogen) atoms. The van der Waals surface area contributed by atoms with Crippen LogP contribution in [0.3, 0.4) is 0 Å². The molecule has 2 aromatic carbocycles. The van der Waals surface area contributed by atoms with Crippen LogP contribution >= 0.6 is 11.6 Å². The lowest BCUT2D eigenvalue weighted by Crippen LogP contribution is -1.99. The van der Waals surface area contributed by atoms with Crippen molar-refractivity contribution in [2.75, 3.05) is 0 Å². The van der Waals surface area contributed by atoms with Crippen molar-refractivity contribution >= 4 is 17.6 Å². The average Bonchev–Trinajstić information content (AvgIpc) is 2.38. The number of ether oxygens (including phenoxy) is 1. The molecule has 0 fully saturated rings. The molecular formula is C15H13ClO3. The molecule has 0 heterocycles. The van der Waals surface area contributed by atoms with Crippen LogP contribution < -0.4 is 4.74 Å². The summed E-state index contributed by atoms with van der Waals surface area (Å²) in [5.41, 5.74) is 2.15. The lowest BCUT2D eigenvalue weighted by atomic mass is 10.1. The van der Waals surface area contributed by atoms with Gasteiger partial charge in [-0.2, -0.15) is 0 Å². The van der Waals surface area contributed by atoms with Crippen molar-refractivity contribution in [1.29, 1.82) is 0 Å². The second kappa shape index (κ2) is 5.76. The summed E-state index contributed by atoms with van der Waals surface area (Å²) >= 11 is 5.87. The third kappa shape index (κ3) is 3.48. The summed E-state index contributed by atoms with van der Waals surface area (Å²) in [5, 5.41) is 9.48. The second-order valence-electron chi connectivity index (χ2n) is 4.20. The Morgan fingerprint density at radius 3 is 2.47 bits per heavy atom. The van der Waals surface area contributed by atoms with Crippen LogP contribution in [0.2, 0.25) is 5.02 Å². The van der Waals surface area contributed by atoms with Crippen molar-refractivity contribution in [1.82, 2.24) is 0 Å². The van der Waals surface area contributed by atoms with Crippen molar-refractivity contribution in [3.05, 3.63) is 64.2 Å². The lowest BCUT2D eigenvalue weighted by molar-refractivity contribution is 0.0697. The SMILES string of the molecule is Cc1cc(Cl)ccc1OCc1ccc(C(=O)O)cc1. The van der Waals surface area contributed by atoms with Gasteiger partial charge in [0.1, 0.15) is 12.4 Å². The summed E-state index contributed by atoms with van der Waals surface area (Å²) in [6.07, 6.45) is 0. The van der Waals surface area contributed by atoms with E-state index >= 15 is 0 Å². The molecule has 0 spiro atoms. The molecule has 4 heteroatoms. The number of carboxylic acids is 1. The van der Waals surface area contributed by atoms with Crippen LogP contribution in [0, 0.1) is 6.92 Å². The van der Waals surface area contributed by atoms with Gasteiger partial charge in [-0.3, -0.25) is 0 Å². The molecule has 0 bridgehead atoms. The quantitative estimate of drug-likeness (QED) is 0.920. The summed E-state index contributed by atoms with van der Waals surface area (Å²) in [4.78, 5) is 10.7. The second-order valence-corrected chi connectivity index (χ2v) is 4.64. The van der Waals surface area contributed by atoms with E-state index in [1.54, 1.807) is 30.3 Å². The van der Waals surface area contributed by atoms with Crippen LogP contribution in [0.1, 0.15) is 21.5 Å². The van der Waals surface area contributed by atoms with Gasteiger partial charge >= 0.3 is 5.97 Å². The largest absolute Gasteiger partial charge is 0.489 e. The fourth-order valence-electron chi connectivity index (χ4n) is 1.68. The zero-order valence-electron chi connectivity index (χ0n) is 10.4. The number of hydrogen-bond donors (Lipinski definition) is 1. The molecular weight excluding hydrogens is 264 g/mol. The molecule has 98 valence electrons. The number of hydrogen-bond acceptors (Lipinski definition) is 2. The zero-order valence-corrected chi connectivity index (χ0v) is 11.1. The number of halogens is 1. The van der Waals surface area contributed by atoms with Gasteiger partial charge in [0.25, 0.3) is 0 Å². The number of benzene rings is 2. The van der Waals surface area contributed by atoms with Gasteiger partial charge in [-0.25, -0.2) is 4.79 Å². The van der Waals surface area contributed by atoms with E-state index < -0.39 is 5.97 Å². The van der Waals surface area contributed by atoms with Gasteiger partial charge in [0.15, 0.2) is 0 Å². The highest BCUT2D eigenvalue weighted by atomic mass is 35.5. The number of carbonyl (C=O) groups is 1. The van der Waals surface area contributed by atoms with Gasteiger partial charge < -0.3 is 9.84 Å². The molecule has 0 aliphatic heterocycles. The highest BCUT2D eigenvalue weighted by Gasteiger charge is 2.03. The summed E-state index contributed by atoms with van der Waals surface area (Å²) in [6.45, 7) is 2.32. The summed E-state index contributed by atoms with van der Waals surface area (Å²) in [7, 11) is 0. The minimum absolute atomic E-state index is 0.270. The van der Waals surface area contributed by atoms with E-state index in [1.165, 1.54) is 0 Å². The molecule has 0 amide bonds. The maximum absolute atomic E-state index is 10.7. The molecule has 0 radical (unpaired) electrons. The third-order valence-corrected chi connectivity index (χ3v) is 2.97. The Morgan fingerprint density at radius 1 is 1.21 bits per heavy atom. The van der Waals surface area contributed by atoms with Crippen LogP contribution in [-0.2, 0) is 6.61 Å². The van der Waals surface area contributed by atoms with Gasteiger partial charge in [0.2, 0.25) is 0 Å². The van der Waals surface area contributed by atoms with Gasteiger partial charge in [-0.05, 0) is 48.4 Å². The highest BCUT2D eigenvalue weighted by Crippen LogP contribution is 2.22. The van der Waals surface area contributed by atoms with E-state index in [2.05, 4.69) is 0 Å². The smallest absolute Gasteiger partial charge is 0.335 e. The molecule has 0 unspecified atom stereocenters. The summed E-state index contributed by atoms with van der Waals surface area (Å²) in [5.74, 6) is -0.160. The molecule has 0 aliphatic rings. The normalized spacial score (nSPS) is 10.2. The summed E-state index contributed by atoms with van der Waals surface area (Å²) in [6, 6.07) is 12.1. The monoisotopic (exact) mass is 276 g/mol. The van der Waals surface area contributed by atoms with Crippen molar-refractivity contribution < 1.29 is 14.6 Å². The van der Waals surface area contributed by atoms with E-state index in [0.29, 0.717) is 11.6 Å². The van der Waals surface area contributed by atoms with E-state index in [1.807, 2.05) is 19.1 Å². The molecule has 0 aliphatic carbocycles. The first kappa shape index (κ1) is 13.4. The molecule has 1 N–H and O–H groups in total. The Bertz CT molecular complexity index is 591. The van der Waals surface area contributed by atoms with Crippen LogP contribution in [0.4, 0.5) is 0 Å². The molecule has 3 nitrogen and oxygen atoms in total. The van der Waals surface area contributed by atoms with E-state index in [0.717, 1.165) is 16.9 Å². The molecule has 0 aromatic heterocycles. The van der Waals surface area contributed by atoms with Crippen molar-refractivity contribution in [3.8, 4) is 5.75 Å². The van der Waals surface area contributed by atoms with Crippen molar-refractivity contribution in [3.63, 3.8) is 0 Å². The minimum atomic E-state index is -0.930. The maximum Gasteiger partial charge on any atom is 0.335 e. The van der Waals surface area contributed by atoms with Crippen LogP contribution in [0.5, 0.6) is 5.75 Å². The Morgan fingerprint density at radius 2 is 1.89 bits per heavy atom. The molecule has 0 saturated carbocycles. The van der Waals surface area contributed by atoms with Gasteiger partial charge in [-0.1, -0.05) is 23.7 Å². The molecule has 2 rings (SSSR count). The highest BCUT2D eigenvalue weighted by molar-refractivity contribution is 6.30. The van der Waals surface area contributed by atoms with Crippen LogP contribution in [0.15, 0.2) is 42.5 Å². The third-order valence-electron chi connectivity index (χ3n) is 2.73.